The summed E-state index contributed by atoms with van der Waals surface area (Å²) in [4.78, 5) is 27.0. The first kappa shape index (κ1) is 10.6. The van der Waals surface area contributed by atoms with Crippen molar-refractivity contribution in [2.75, 3.05) is 7.11 Å². The normalized spacial score (nSPS) is 22.4. The lowest BCUT2D eigenvalue weighted by molar-refractivity contribution is -0.150. The fourth-order valence-corrected chi connectivity index (χ4v) is 1.91. The lowest BCUT2D eigenvalue weighted by Crippen LogP contribution is -2.23. The van der Waals surface area contributed by atoms with Crippen molar-refractivity contribution in [3.05, 3.63) is 23.2 Å². The zero-order valence-electron chi connectivity index (χ0n) is 9.11. The molecule has 0 saturated heterocycles. The van der Waals surface area contributed by atoms with Crippen molar-refractivity contribution >= 4 is 18.0 Å². The van der Waals surface area contributed by atoms with Crippen LogP contribution in [0.25, 0.3) is 0 Å². The Morgan fingerprint density at radius 1 is 1.56 bits per heavy atom. The van der Waals surface area contributed by atoms with Crippen LogP contribution in [-0.2, 0) is 14.3 Å². The Labute approximate surface area is 92.9 Å². The zero-order chi connectivity index (χ0) is 11.7. The molecule has 0 bridgehead atoms. The van der Waals surface area contributed by atoms with Crippen molar-refractivity contribution in [3.8, 4) is 0 Å². The second-order valence-electron chi connectivity index (χ2n) is 3.66. The quantitative estimate of drug-likeness (QED) is 0.544. The molecule has 0 aromatic carbocycles. The molecule has 0 aliphatic carbocycles. The van der Waals surface area contributed by atoms with Gasteiger partial charge in [-0.2, -0.15) is 0 Å². The lowest BCUT2D eigenvalue weighted by Gasteiger charge is -2.17. The van der Waals surface area contributed by atoms with Crippen molar-refractivity contribution in [2.45, 2.75) is 13.3 Å². The summed E-state index contributed by atoms with van der Waals surface area (Å²) in [5.74, 6) is -1.49. The number of hydrogen-bond acceptors (Lipinski definition) is 5. The Bertz CT molecular complexity index is 446. The first-order chi connectivity index (χ1) is 7.65. The average Bonchev–Trinajstić information content (AvgIpc) is 2.72. The predicted octanol–water partition coefficient (Wildman–Crippen LogP) is 0.538. The van der Waals surface area contributed by atoms with Crippen molar-refractivity contribution in [2.24, 2.45) is 10.9 Å². The third kappa shape index (κ3) is 1.54. The van der Waals surface area contributed by atoms with E-state index in [4.69, 9.17) is 0 Å². The molecule has 1 unspecified atom stereocenters. The Kier molecular flexibility index (Phi) is 2.60. The van der Waals surface area contributed by atoms with E-state index >= 15 is 0 Å². The molecule has 1 N–H and O–H groups in total. The van der Waals surface area contributed by atoms with Gasteiger partial charge in [0.15, 0.2) is 0 Å². The molecular formula is C11H12N2O3. The van der Waals surface area contributed by atoms with E-state index in [1.807, 2.05) is 6.92 Å². The number of allylic oxidation sites excluding steroid dienone is 2. The Morgan fingerprint density at radius 3 is 3.00 bits per heavy atom. The van der Waals surface area contributed by atoms with Crippen LogP contribution in [0.1, 0.15) is 13.3 Å². The molecule has 0 aromatic heterocycles. The number of rotatable bonds is 2. The molecule has 5 heteroatoms. The maximum Gasteiger partial charge on any atom is 0.379 e. The highest BCUT2D eigenvalue weighted by Crippen LogP contribution is 2.32. The van der Waals surface area contributed by atoms with E-state index in [1.165, 1.54) is 7.11 Å². The number of hydrogen-bond donors (Lipinski definition) is 1. The van der Waals surface area contributed by atoms with Crippen molar-refractivity contribution in [1.29, 1.82) is 0 Å². The van der Waals surface area contributed by atoms with Crippen LogP contribution in [0.15, 0.2) is 28.2 Å². The number of esters is 1. The number of ketones is 1. The summed E-state index contributed by atoms with van der Waals surface area (Å²) in [6, 6.07) is 0. The molecule has 5 nitrogen and oxygen atoms in total. The summed E-state index contributed by atoms with van der Waals surface area (Å²) in [5, 5.41) is 2.99. The van der Waals surface area contributed by atoms with Crippen molar-refractivity contribution < 1.29 is 14.3 Å². The number of Topliss-reactive ketones (excluding diaryl/α,β-unsaturated/α-hetero) is 1. The number of methoxy groups -OCH3 is 1. The first-order valence-electron chi connectivity index (χ1n) is 4.97. The Hall–Kier alpha value is -1.91. The monoisotopic (exact) mass is 220 g/mol. The molecule has 2 aliphatic rings. The summed E-state index contributed by atoms with van der Waals surface area (Å²) in [6.07, 6.45) is 3.96. The van der Waals surface area contributed by atoms with E-state index in [9.17, 15) is 9.59 Å². The van der Waals surface area contributed by atoms with Crippen LogP contribution in [0.5, 0.6) is 0 Å². The van der Waals surface area contributed by atoms with Crippen LogP contribution in [0, 0.1) is 5.92 Å². The second-order valence-corrected chi connectivity index (χ2v) is 3.66. The van der Waals surface area contributed by atoms with Gasteiger partial charge in [-0.15, -0.1) is 0 Å². The van der Waals surface area contributed by atoms with Gasteiger partial charge in [0, 0.05) is 29.6 Å². The number of carbonyl (C=O) groups is 2. The van der Waals surface area contributed by atoms with Crippen molar-refractivity contribution in [1.82, 2.24) is 5.32 Å². The van der Waals surface area contributed by atoms with Gasteiger partial charge in [0.05, 0.1) is 12.8 Å². The smallest absolute Gasteiger partial charge is 0.379 e. The predicted molar refractivity (Wildman–Crippen MR) is 57.5 cm³/mol. The SMILES string of the molecule is COC(=O)C(=O)C1=CNC2=C(C)N=CCC12. The van der Waals surface area contributed by atoms with Gasteiger partial charge in [0.25, 0.3) is 5.78 Å². The van der Waals surface area contributed by atoms with E-state index in [0.29, 0.717) is 12.0 Å². The van der Waals surface area contributed by atoms with Gasteiger partial charge in [0.2, 0.25) is 0 Å². The topological polar surface area (TPSA) is 67.8 Å². The Balaban J connectivity index is 2.25. The van der Waals surface area contributed by atoms with Crippen LogP contribution in [0.4, 0.5) is 0 Å². The number of ether oxygens (including phenoxy) is 1. The minimum Gasteiger partial charge on any atom is -0.463 e. The summed E-state index contributed by atoms with van der Waals surface area (Å²) in [6.45, 7) is 1.87. The molecule has 16 heavy (non-hydrogen) atoms. The molecule has 0 amide bonds. The molecule has 0 radical (unpaired) electrons. The molecular weight excluding hydrogens is 208 g/mol. The van der Waals surface area contributed by atoms with E-state index < -0.39 is 11.8 Å². The summed E-state index contributed by atoms with van der Waals surface area (Å²) >= 11 is 0. The number of nitrogens with zero attached hydrogens (tertiary/aromatic N) is 1. The highest BCUT2D eigenvalue weighted by molar-refractivity contribution is 6.40. The highest BCUT2D eigenvalue weighted by Gasteiger charge is 2.34. The van der Waals surface area contributed by atoms with Gasteiger partial charge >= 0.3 is 5.97 Å². The van der Waals surface area contributed by atoms with Gasteiger partial charge in [0.1, 0.15) is 0 Å². The van der Waals surface area contributed by atoms with Crippen LogP contribution in [0.2, 0.25) is 0 Å². The van der Waals surface area contributed by atoms with E-state index in [2.05, 4.69) is 15.0 Å². The number of nitrogens with one attached hydrogen (secondary N) is 1. The third-order valence-corrected chi connectivity index (χ3v) is 2.76. The molecule has 2 aliphatic heterocycles. The lowest BCUT2D eigenvalue weighted by atomic mass is 9.91. The molecule has 2 heterocycles. The maximum absolute atomic E-state index is 11.7. The molecule has 0 saturated carbocycles. The second kappa shape index (κ2) is 3.92. The van der Waals surface area contributed by atoms with Crippen LogP contribution in [-0.4, -0.2) is 25.1 Å². The molecule has 1 atom stereocenters. The van der Waals surface area contributed by atoms with Gasteiger partial charge in [-0.05, 0) is 13.3 Å². The van der Waals surface area contributed by atoms with Gasteiger partial charge in [-0.1, -0.05) is 0 Å². The average molecular weight is 220 g/mol. The molecule has 0 fully saturated rings. The maximum atomic E-state index is 11.7. The minimum absolute atomic E-state index is 0.0795. The molecule has 0 spiro atoms. The number of fused-ring (bicyclic) bond motifs is 1. The van der Waals surface area contributed by atoms with E-state index in [1.54, 1.807) is 12.4 Å². The Morgan fingerprint density at radius 2 is 2.31 bits per heavy atom. The van der Waals surface area contributed by atoms with Gasteiger partial charge < -0.3 is 10.1 Å². The standard InChI is InChI=1S/C11H12N2O3/c1-6-9-7(3-4-12-6)8(5-13-9)10(14)11(15)16-2/h4-5,7,13H,3H2,1-2H3. The van der Waals surface area contributed by atoms with E-state index in [0.717, 1.165) is 11.4 Å². The van der Waals surface area contributed by atoms with Crippen molar-refractivity contribution in [3.63, 3.8) is 0 Å². The van der Waals surface area contributed by atoms with Gasteiger partial charge in [-0.3, -0.25) is 9.79 Å². The zero-order valence-corrected chi connectivity index (χ0v) is 9.11. The van der Waals surface area contributed by atoms with Crippen LogP contribution >= 0.6 is 0 Å². The highest BCUT2D eigenvalue weighted by atomic mass is 16.5. The summed E-state index contributed by atoms with van der Waals surface area (Å²) < 4.78 is 4.42. The van der Waals surface area contributed by atoms with Crippen LogP contribution < -0.4 is 5.32 Å². The fraction of sp³-hybridized carbons (Fsp3) is 0.364. The number of carbonyl (C=O) groups excluding carboxylic acids is 2. The van der Waals surface area contributed by atoms with Gasteiger partial charge in [-0.25, -0.2) is 4.79 Å². The minimum atomic E-state index is -0.825. The summed E-state index contributed by atoms with van der Waals surface area (Å²) in [5.41, 5.74) is 2.20. The summed E-state index contributed by atoms with van der Waals surface area (Å²) in [7, 11) is 1.20. The van der Waals surface area contributed by atoms with Crippen LogP contribution in [0.3, 0.4) is 0 Å². The molecule has 84 valence electrons. The number of aliphatic imine (C=N–C) groups is 1. The fourth-order valence-electron chi connectivity index (χ4n) is 1.91. The first-order valence-corrected chi connectivity index (χ1v) is 4.97. The molecule has 2 rings (SSSR count). The molecule has 0 aromatic rings. The van der Waals surface area contributed by atoms with E-state index in [-0.39, 0.29) is 5.92 Å². The largest absolute Gasteiger partial charge is 0.463 e. The third-order valence-electron chi connectivity index (χ3n) is 2.76.